The second-order valence-corrected chi connectivity index (χ2v) is 26.8. The van der Waals surface area contributed by atoms with E-state index in [1.807, 2.05) is 30.3 Å². The Kier molecular flexibility index (Phi) is 12.5. The van der Waals surface area contributed by atoms with Crippen molar-refractivity contribution in [3.05, 3.63) is 350 Å². The van der Waals surface area contributed by atoms with E-state index in [2.05, 4.69) is 310 Å². The first-order chi connectivity index (χ1) is 51.1. The van der Waals surface area contributed by atoms with Crippen molar-refractivity contribution in [2.75, 3.05) is 0 Å². The molecule has 0 aliphatic carbocycles. The molecule has 8 nitrogen and oxygen atoms in total. The summed E-state index contributed by atoms with van der Waals surface area (Å²) in [5.74, 6) is 0. The van der Waals surface area contributed by atoms with Crippen molar-refractivity contribution in [3.63, 3.8) is 0 Å². The third-order valence-electron chi connectivity index (χ3n) is 21.5. The highest BCUT2D eigenvalue weighted by Crippen LogP contribution is 2.48. The van der Waals surface area contributed by atoms with Crippen molar-refractivity contribution in [1.29, 1.82) is 0 Å². The fourth-order valence-corrected chi connectivity index (χ4v) is 17.0. The maximum absolute atomic E-state index is 14.6. The van der Waals surface area contributed by atoms with Gasteiger partial charge >= 0.3 is 6.18 Å². The van der Waals surface area contributed by atoms with Gasteiger partial charge in [0.25, 0.3) is 0 Å². The minimum absolute atomic E-state index is 0.143. The van der Waals surface area contributed by atoms with Gasteiger partial charge in [-0.05, 0) is 174 Å². The zero-order chi connectivity index (χ0) is 69.2. The van der Waals surface area contributed by atoms with Crippen molar-refractivity contribution in [2.45, 2.75) is 6.18 Å². The van der Waals surface area contributed by atoms with E-state index in [1.165, 1.54) is 6.07 Å². The van der Waals surface area contributed by atoms with Crippen LogP contribution in [0, 0.1) is 13.1 Å². The summed E-state index contributed by atoms with van der Waals surface area (Å²) in [6, 6.07) is 110. The molecule has 0 saturated heterocycles. The van der Waals surface area contributed by atoms with Gasteiger partial charge in [-0.25, -0.2) is 9.69 Å². The summed E-state index contributed by atoms with van der Waals surface area (Å²) in [4.78, 5) is 8.06. The predicted molar refractivity (Wildman–Crippen MR) is 421 cm³/mol. The zero-order valence-corrected chi connectivity index (χ0v) is 55.3. The van der Waals surface area contributed by atoms with Crippen LogP contribution in [0.15, 0.2) is 322 Å². The van der Waals surface area contributed by atoms with E-state index >= 15 is 0 Å². The summed E-state index contributed by atoms with van der Waals surface area (Å²) in [6.45, 7) is 17.5. The standard InChI is InChI=1S/C93H53F3N8/c1-97-78-43-37-58(103-88-45-38-59(99-80-27-11-3-19-64(80)65-20-4-12-28-81(65)99)52-74(88)75-53-60(39-46-89(75)103)100-82-29-13-5-21-66(82)67-22-6-14-30-83(67)100)51-72(78)73-49-56(63-42-36-57(93(94,95)96)50-79(63)98-2)35-44-90(73)104-91-47-40-61(101-84-31-15-7-23-68(84)69-24-8-16-32-85(69)101)54-76(91)77-55-62(41-48-92(77)104)102-86-33-17-9-25-70(86)71-26-10-18-34-87(71)102/h3-55H. The van der Waals surface area contributed by atoms with Gasteiger partial charge in [0.1, 0.15) is 0 Å². The summed E-state index contributed by atoms with van der Waals surface area (Å²) in [7, 11) is 0. The molecule has 0 aliphatic rings. The van der Waals surface area contributed by atoms with Crippen molar-refractivity contribution >= 4 is 142 Å². The van der Waals surface area contributed by atoms with E-state index in [4.69, 9.17) is 13.1 Å². The lowest BCUT2D eigenvalue weighted by atomic mass is 9.94. The van der Waals surface area contributed by atoms with Crippen LogP contribution in [0.25, 0.3) is 197 Å². The van der Waals surface area contributed by atoms with E-state index in [0.29, 0.717) is 27.9 Å². The van der Waals surface area contributed by atoms with Gasteiger partial charge in [-0.15, -0.1) is 0 Å². The number of nitrogens with zero attached hydrogens (tertiary/aromatic N) is 8. The Morgan fingerprint density at radius 1 is 0.221 bits per heavy atom. The smallest absolute Gasteiger partial charge is 0.309 e. The van der Waals surface area contributed by atoms with Gasteiger partial charge in [-0.2, -0.15) is 13.2 Å². The molecule has 0 bridgehead atoms. The molecular weight excluding hydrogens is 1290 g/mol. The number of para-hydroxylation sites is 8. The predicted octanol–water partition coefficient (Wildman–Crippen LogP) is 25.7. The van der Waals surface area contributed by atoms with E-state index in [9.17, 15) is 13.2 Å². The van der Waals surface area contributed by atoms with Gasteiger partial charge in [-0.1, -0.05) is 170 Å². The topological polar surface area (TPSA) is 38.3 Å². The third-order valence-corrected chi connectivity index (χ3v) is 21.5. The fraction of sp³-hybridized carbons (Fsp3) is 0.0108. The number of rotatable bonds is 8. The molecule has 0 spiro atoms. The van der Waals surface area contributed by atoms with Crippen molar-refractivity contribution in [2.24, 2.45) is 0 Å². The summed E-state index contributed by atoms with van der Waals surface area (Å²) >= 11 is 0. The molecule has 11 heteroatoms. The van der Waals surface area contributed by atoms with E-state index < -0.39 is 11.7 Å². The molecule has 104 heavy (non-hydrogen) atoms. The van der Waals surface area contributed by atoms with Gasteiger partial charge in [0, 0.05) is 98.6 Å². The number of fused-ring (bicyclic) bond motifs is 18. The second kappa shape index (κ2) is 22.2. The largest absolute Gasteiger partial charge is 0.415 e. The number of benzene rings is 15. The molecule has 21 rings (SSSR count). The van der Waals surface area contributed by atoms with Crippen LogP contribution >= 0.6 is 0 Å². The van der Waals surface area contributed by atoms with Crippen LogP contribution in [-0.2, 0) is 6.18 Å². The van der Waals surface area contributed by atoms with E-state index in [-0.39, 0.29) is 5.69 Å². The lowest BCUT2D eigenvalue weighted by Crippen LogP contribution is -2.04. The molecule has 0 atom stereocenters. The first-order valence-corrected chi connectivity index (χ1v) is 34.5. The Morgan fingerprint density at radius 3 is 0.827 bits per heavy atom. The molecule has 6 aromatic heterocycles. The first-order valence-electron chi connectivity index (χ1n) is 34.5. The van der Waals surface area contributed by atoms with Crippen molar-refractivity contribution in [3.8, 4) is 56.4 Å². The Morgan fingerprint density at radius 2 is 0.510 bits per heavy atom. The lowest BCUT2D eigenvalue weighted by molar-refractivity contribution is -0.137. The molecule has 486 valence electrons. The lowest BCUT2D eigenvalue weighted by Gasteiger charge is -2.19. The molecule has 0 N–H and O–H groups in total. The molecule has 6 heterocycles. The van der Waals surface area contributed by atoms with Crippen LogP contribution in [0.3, 0.4) is 0 Å². The molecule has 0 amide bonds. The molecule has 0 aliphatic heterocycles. The SMILES string of the molecule is [C-]#[N+]c1cc(C(F)(F)F)ccc1-c1ccc(-n2c3ccc(-n4c5ccccc5c5ccccc54)cc3c3cc(-n4c5ccccc5c5ccccc54)ccc32)c(-c2cc(-n3c4ccc(-n5c6ccccc6c6ccccc65)cc4c4cc(-n5c6ccccc6c6ccccc65)ccc43)ccc2[N+]#[C-])c1. The van der Waals surface area contributed by atoms with Gasteiger partial charge in [-0.3, -0.25) is 0 Å². The Labute approximate surface area is 591 Å². The normalized spacial score (nSPS) is 12.2. The summed E-state index contributed by atoms with van der Waals surface area (Å²) < 4.78 is 57.6. The van der Waals surface area contributed by atoms with Gasteiger partial charge < -0.3 is 27.4 Å². The minimum Gasteiger partial charge on any atom is -0.309 e. The van der Waals surface area contributed by atoms with Crippen LogP contribution < -0.4 is 0 Å². The number of hydrogen-bond donors (Lipinski definition) is 0. The van der Waals surface area contributed by atoms with Crippen LogP contribution in [-0.4, -0.2) is 27.4 Å². The molecular formula is C93H53F3N8. The highest BCUT2D eigenvalue weighted by Gasteiger charge is 2.32. The van der Waals surface area contributed by atoms with E-state index in [1.54, 1.807) is 0 Å². The Balaban J connectivity index is 0.836. The molecule has 0 radical (unpaired) electrons. The second-order valence-electron chi connectivity index (χ2n) is 26.8. The molecule has 0 unspecified atom stereocenters. The van der Waals surface area contributed by atoms with Crippen LogP contribution in [0.5, 0.6) is 0 Å². The summed E-state index contributed by atoms with van der Waals surface area (Å²) in [5, 5.41) is 13.2. The van der Waals surface area contributed by atoms with E-state index in [0.717, 1.165) is 177 Å². The van der Waals surface area contributed by atoms with Crippen molar-refractivity contribution < 1.29 is 13.2 Å². The maximum atomic E-state index is 14.6. The average molecular weight is 1340 g/mol. The average Bonchev–Trinajstić information content (AvgIpc) is 1.57. The summed E-state index contributed by atoms with van der Waals surface area (Å²) in [6.07, 6.45) is -4.68. The number of hydrogen-bond acceptors (Lipinski definition) is 0. The van der Waals surface area contributed by atoms with Crippen LogP contribution in [0.4, 0.5) is 24.5 Å². The van der Waals surface area contributed by atoms with Gasteiger partial charge in [0.15, 0.2) is 11.4 Å². The monoisotopic (exact) mass is 1340 g/mol. The number of halogens is 3. The maximum Gasteiger partial charge on any atom is 0.415 e. The van der Waals surface area contributed by atoms with Crippen LogP contribution in [0.1, 0.15) is 5.56 Å². The molecule has 21 aromatic rings. The third kappa shape index (κ3) is 8.53. The van der Waals surface area contributed by atoms with Crippen LogP contribution in [0.2, 0.25) is 0 Å². The number of aromatic nitrogens is 6. The molecule has 0 fully saturated rings. The Hall–Kier alpha value is -14.1. The highest BCUT2D eigenvalue weighted by molar-refractivity contribution is 6.17. The first kappa shape index (κ1) is 58.8. The number of alkyl halides is 3. The summed E-state index contributed by atoms with van der Waals surface area (Å²) in [5.41, 5.74) is 19.1. The van der Waals surface area contributed by atoms with Gasteiger partial charge in [0.05, 0.1) is 85.0 Å². The highest BCUT2D eigenvalue weighted by atomic mass is 19.4. The Bertz CT molecular complexity index is 6840. The fourth-order valence-electron chi connectivity index (χ4n) is 17.0. The van der Waals surface area contributed by atoms with Crippen molar-refractivity contribution in [1.82, 2.24) is 27.4 Å². The minimum atomic E-state index is -4.68. The molecule has 0 saturated carbocycles. The molecule has 15 aromatic carbocycles. The van der Waals surface area contributed by atoms with Gasteiger partial charge in [0.2, 0.25) is 0 Å². The quantitative estimate of drug-likeness (QED) is 0.136. The zero-order valence-electron chi connectivity index (χ0n) is 55.3.